The molecule has 1 aliphatic heterocycles. The van der Waals surface area contributed by atoms with Crippen LogP contribution in [0.4, 0.5) is 18.9 Å². The average molecular weight is 420 g/mol. The first-order valence-corrected chi connectivity index (χ1v) is 9.37. The van der Waals surface area contributed by atoms with Crippen molar-refractivity contribution in [2.45, 2.75) is 24.7 Å². The highest BCUT2D eigenvalue weighted by molar-refractivity contribution is 6.31. The fourth-order valence-corrected chi connectivity index (χ4v) is 3.76. The molecule has 8 heteroatoms. The van der Waals surface area contributed by atoms with E-state index in [1.54, 1.807) is 0 Å². The fraction of sp³-hybridized carbons (Fsp3) is 0.190. The van der Waals surface area contributed by atoms with Gasteiger partial charge in [-0.2, -0.15) is 13.2 Å². The van der Waals surface area contributed by atoms with Gasteiger partial charge in [-0.15, -0.1) is 0 Å². The third kappa shape index (κ3) is 4.07. The van der Waals surface area contributed by atoms with Crippen molar-refractivity contribution in [3.8, 4) is 0 Å². The lowest BCUT2D eigenvalue weighted by Gasteiger charge is -2.14. The van der Waals surface area contributed by atoms with Crippen molar-refractivity contribution in [2.24, 2.45) is 0 Å². The van der Waals surface area contributed by atoms with Gasteiger partial charge in [0, 0.05) is 11.7 Å². The Balaban J connectivity index is 1.49. The monoisotopic (exact) mass is 419 g/mol. The Kier molecular flexibility index (Phi) is 5.21. The predicted molar refractivity (Wildman–Crippen MR) is 106 cm³/mol. The van der Waals surface area contributed by atoms with Gasteiger partial charge in [0.15, 0.2) is 0 Å². The van der Waals surface area contributed by atoms with Crippen molar-refractivity contribution >= 4 is 34.0 Å². The molecule has 0 bridgehead atoms. The Labute approximate surface area is 170 Å². The van der Waals surface area contributed by atoms with E-state index in [4.69, 9.17) is 11.6 Å². The van der Waals surface area contributed by atoms with Crippen LogP contribution in [-0.4, -0.2) is 11.9 Å². The maximum Gasteiger partial charge on any atom is 0.417 e. The second kappa shape index (κ2) is 7.67. The maximum absolute atomic E-state index is 13.0. The first-order chi connectivity index (χ1) is 13.8. The Bertz CT molecular complexity index is 1070. The molecule has 1 fully saturated rings. The van der Waals surface area contributed by atoms with Gasteiger partial charge in [0.05, 0.1) is 10.6 Å². The van der Waals surface area contributed by atoms with Crippen LogP contribution in [0.15, 0.2) is 60.7 Å². The Hall–Kier alpha value is -2.61. The summed E-state index contributed by atoms with van der Waals surface area (Å²) in [6, 6.07) is 16.5. The highest BCUT2D eigenvalue weighted by Crippen LogP contribution is 2.36. The molecule has 3 N–H and O–H groups in total. The number of nitrogens with one attached hydrogen (secondary N) is 3. The molecule has 3 aromatic rings. The third-order valence-electron chi connectivity index (χ3n) is 4.96. The van der Waals surface area contributed by atoms with Gasteiger partial charge in [-0.25, -0.2) is 10.9 Å². The highest BCUT2D eigenvalue weighted by atomic mass is 35.5. The van der Waals surface area contributed by atoms with Crippen LogP contribution >= 0.6 is 11.6 Å². The van der Waals surface area contributed by atoms with Crippen LogP contribution in [0.1, 0.15) is 23.6 Å². The first-order valence-electron chi connectivity index (χ1n) is 8.99. The largest absolute Gasteiger partial charge is 0.417 e. The molecule has 0 aromatic heterocycles. The molecule has 1 saturated heterocycles. The summed E-state index contributed by atoms with van der Waals surface area (Å²) in [6.45, 7) is 0. The van der Waals surface area contributed by atoms with E-state index in [-0.39, 0.29) is 11.7 Å². The van der Waals surface area contributed by atoms with Gasteiger partial charge < -0.3 is 5.32 Å². The molecular formula is C21H17ClF3N3O. The molecule has 3 aromatic carbocycles. The number of rotatable bonds is 3. The minimum atomic E-state index is -4.59. The van der Waals surface area contributed by atoms with E-state index in [0.29, 0.717) is 6.42 Å². The van der Waals surface area contributed by atoms with E-state index >= 15 is 0 Å². The van der Waals surface area contributed by atoms with Crippen molar-refractivity contribution in [1.82, 2.24) is 10.9 Å². The van der Waals surface area contributed by atoms with E-state index in [1.807, 2.05) is 42.5 Å². The summed E-state index contributed by atoms with van der Waals surface area (Å²) in [6.07, 6.45) is -4.13. The van der Waals surface area contributed by atoms with Gasteiger partial charge in [-0.3, -0.25) is 4.79 Å². The maximum atomic E-state index is 13.0. The van der Waals surface area contributed by atoms with Gasteiger partial charge in [0.2, 0.25) is 5.91 Å². The number of hydrogen-bond acceptors (Lipinski definition) is 3. The number of hydrogen-bond donors (Lipinski definition) is 3. The van der Waals surface area contributed by atoms with E-state index in [0.717, 1.165) is 28.5 Å². The molecule has 2 unspecified atom stereocenters. The molecule has 0 aliphatic carbocycles. The van der Waals surface area contributed by atoms with E-state index < -0.39 is 28.7 Å². The molecule has 0 spiro atoms. The lowest BCUT2D eigenvalue weighted by Crippen LogP contribution is -2.39. The van der Waals surface area contributed by atoms with Crippen molar-refractivity contribution in [3.63, 3.8) is 0 Å². The van der Waals surface area contributed by atoms with Crippen molar-refractivity contribution < 1.29 is 18.0 Å². The molecule has 1 aliphatic rings. The van der Waals surface area contributed by atoms with E-state index in [2.05, 4.69) is 16.2 Å². The second-order valence-electron chi connectivity index (χ2n) is 6.88. The number of amides is 1. The molecule has 4 nitrogen and oxygen atoms in total. The Morgan fingerprint density at radius 1 is 1.03 bits per heavy atom. The quantitative estimate of drug-likeness (QED) is 0.556. The molecule has 4 rings (SSSR count). The number of hydrazine groups is 1. The topological polar surface area (TPSA) is 53.2 Å². The molecule has 150 valence electrons. The number of carbonyl (C=O) groups excluding carboxylic acids is 1. The summed E-state index contributed by atoms with van der Waals surface area (Å²) in [5.74, 6) is -0.421. The summed E-state index contributed by atoms with van der Waals surface area (Å²) < 4.78 is 39.0. The van der Waals surface area contributed by atoms with E-state index in [9.17, 15) is 18.0 Å². The average Bonchev–Trinajstić information content (AvgIpc) is 3.18. The summed E-state index contributed by atoms with van der Waals surface area (Å²) >= 11 is 5.62. The normalized spacial score (nSPS) is 19.4. The van der Waals surface area contributed by atoms with Gasteiger partial charge in [0.25, 0.3) is 0 Å². The number of carbonyl (C=O) groups is 1. The summed E-state index contributed by atoms with van der Waals surface area (Å²) in [5.41, 5.74) is 6.16. The second-order valence-corrected chi connectivity index (χ2v) is 7.29. The minimum Gasteiger partial charge on any atom is -0.325 e. The van der Waals surface area contributed by atoms with Crippen LogP contribution in [0.3, 0.4) is 0 Å². The van der Waals surface area contributed by atoms with Crippen molar-refractivity contribution in [2.75, 3.05) is 5.32 Å². The zero-order chi connectivity index (χ0) is 20.6. The molecule has 1 amide bonds. The first kappa shape index (κ1) is 19.7. The number of benzene rings is 3. The van der Waals surface area contributed by atoms with E-state index in [1.165, 1.54) is 6.07 Å². The molecule has 1 heterocycles. The lowest BCUT2D eigenvalue weighted by molar-refractivity contribution is -0.137. The van der Waals surface area contributed by atoms with Crippen LogP contribution in [0.25, 0.3) is 10.8 Å². The molecular weight excluding hydrogens is 403 g/mol. The van der Waals surface area contributed by atoms with Gasteiger partial charge in [-0.05, 0) is 41.0 Å². The molecule has 0 saturated carbocycles. The summed E-state index contributed by atoms with van der Waals surface area (Å²) in [7, 11) is 0. The summed E-state index contributed by atoms with van der Waals surface area (Å²) in [4.78, 5) is 12.6. The zero-order valence-corrected chi connectivity index (χ0v) is 15.8. The van der Waals surface area contributed by atoms with Crippen LogP contribution < -0.4 is 16.2 Å². The third-order valence-corrected chi connectivity index (χ3v) is 5.29. The number of halogens is 4. The van der Waals surface area contributed by atoms with Gasteiger partial charge in [-0.1, -0.05) is 54.1 Å². The van der Waals surface area contributed by atoms with Crippen LogP contribution in [0.5, 0.6) is 0 Å². The van der Waals surface area contributed by atoms with Crippen molar-refractivity contribution in [1.29, 1.82) is 0 Å². The SMILES string of the molecule is O=C(Nc1ccc(Cl)c(C(F)(F)F)c1)C1CC(c2cccc3ccccc23)NN1. The number of fused-ring (bicyclic) bond motifs is 1. The lowest BCUT2D eigenvalue weighted by atomic mass is 9.96. The van der Waals surface area contributed by atoms with Crippen LogP contribution in [0, 0.1) is 0 Å². The number of alkyl halides is 3. The van der Waals surface area contributed by atoms with Crippen LogP contribution in [-0.2, 0) is 11.0 Å². The fourth-order valence-electron chi connectivity index (χ4n) is 3.54. The molecule has 29 heavy (non-hydrogen) atoms. The van der Waals surface area contributed by atoms with Crippen LogP contribution in [0.2, 0.25) is 5.02 Å². The van der Waals surface area contributed by atoms with Gasteiger partial charge in [0.1, 0.15) is 6.04 Å². The standard InChI is InChI=1S/C21H17ClF3N3O/c22-17-9-8-13(10-16(17)21(23,24)25)26-20(29)19-11-18(27-28-19)15-7-3-5-12-4-1-2-6-14(12)15/h1-10,18-19,27-28H,11H2,(H,26,29). The van der Waals surface area contributed by atoms with Crippen molar-refractivity contribution in [3.05, 3.63) is 76.8 Å². The molecule has 2 atom stereocenters. The predicted octanol–water partition coefficient (Wildman–Crippen LogP) is 5.06. The van der Waals surface area contributed by atoms with Gasteiger partial charge >= 0.3 is 6.18 Å². The Morgan fingerprint density at radius 3 is 2.59 bits per heavy atom. The summed E-state index contributed by atoms with van der Waals surface area (Å²) in [5, 5.41) is 4.31. The zero-order valence-electron chi connectivity index (χ0n) is 15.1. The minimum absolute atomic E-state index is 0.0436. The highest BCUT2D eigenvalue weighted by Gasteiger charge is 2.34. The number of anilines is 1. The molecule has 0 radical (unpaired) electrons. The Morgan fingerprint density at radius 2 is 1.79 bits per heavy atom. The smallest absolute Gasteiger partial charge is 0.325 e.